The number of rotatable bonds is 7. The van der Waals surface area contributed by atoms with E-state index >= 15 is 0 Å². The monoisotopic (exact) mass is 266 g/mol. The van der Waals surface area contributed by atoms with Crippen LogP contribution in [0, 0.1) is 6.92 Å². The first-order valence-electron chi connectivity index (χ1n) is 7.37. The number of unbranched alkanes of at least 4 members (excludes halogenated alkanes) is 1. The van der Waals surface area contributed by atoms with Gasteiger partial charge in [0.25, 0.3) is 0 Å². The molecular weight excluding hydrogens is 240 g/mol. The normalized spacial score (nSPS) is 16.7. The summed E-state index contributed by atoms with van der Waals surface area (Å²) in [4.78, 5) is 6.99. The highest BCUT2D eigenvalue weighted by Gasteiger charge is 2.10. The van der Waals surface area contributed by atoms with Gasteiger partial charge in [0.15, 0.2) is 0 Å². The number of morpholine rings is 1. The van der Waals surface area contributed by atoms with Crippen LogP contribution in [0.25, 0.3) is 0 Å². The number of ether oxygens (including phenoxy) is 1. The minimum Gasteiger partial charge on any atom is -0.379 e. The molecule has 2 heterocycles. The first-order valence-corrected chi connectivity index (χ1v) is 7.37. The smallest absolute Gasteiger partial charge is 0.203 e. The van der Waals surface area contributed by atoms with Gasteiger partial charge in [-0.15, -0.1) is 0 Å². The Labute approximate surface area is 116 Å². The maximum atomic E-state index is 5.35. The van der Waals surface area contributed by atoms with Crippen molar-refractivity contribution >= 4 is 5.95 Å². The molecule has 1 aromatic rings. The van der Waals surface area contributed by atoms with E-state index in [-0.39, 0.29) is 0 Å². The number of imidazole rings is 1. The molecule has 1 fully saturated rings. The van der Waals surface area contributed by atoms with Crippen molar-refractivity contribution in [3.05, 3.63) is 11.9 Å². The minimum atomic E-state index is 0.865. The van der Waals surface area contributed by atoms with Gasteiger partial charge in [0, 0.05) is 38.9 Å². The van der Waals surface area contributed by atoms with Gasteiger partial charge in [-0.3, -0.25) is 4.90 Å². The molecule has 19 heavy (non-hydrogen) atoms. The highest BCUT2D eigenvalue weighted by molar-refractivity contribution is 5.28. The predicted molar refractivity (Wildman–Crippen MR) is 77.6 cm³/mol. The zero-order valence-corrected chi connectivity index (χ0v) is 12.2. The summed E-state index contributed by atoms with van der Waals surface area (Å²) in [5.74, 6) is 1.01. The third-order valence-corrected chi connectivity index (χ3v) is 3.46. The molecular formula is C14H26N4O. The molecule has 0 radical (unpaired) electrons. The molecule has 0 amide bonds. The van der Waals surface area contributed by atoms with E-state index in [0.29, 0.717) is 0 Å². The summed E-state index contributed by atoms with van der Waals surface area (Å²) in [6, 6.07) is 0. The van der Waals surface area contributed by atoms with Crippen molar-refractivity contribution in [2.75, 3.05) is 44.7 Å². The lowest BCUT2D eigenvalue weighted by molar-refractivity contribution is 0.0398. The van der Waals surface area contributed by atoms with E-state index in [4.69, 9.17) is 4.74 Å². The number of hydrogen-bond donors (Lipinski definition) is 1. The first kappa shape index (κ1) is 14.3. The Morgan fingerprint density at radius 3 is 2.84 bits per heavy atom. The van der Waals surface area contributed by atoms with Crippen molar-refractivity contribution in [3.8, 4) is 0 Å². The van der Waals surface area contributed by atoms with Gasteiger partial charge in [0.2, 0.25) is 5.95 Å². The molecule has 1 aromatic heterocycles. The molecule has 1 saturated heterocycles. The molecule has 0 spiro atoms. The fourth-order valence-electron chi connectivity index (χ4n) is 2.34. The average molecular weight is 266 g/mol. The Morgan fingerprint density at radius 1 is 1.32 bits per heavy atom. The molecule has 0 unspecified atom stereocenters. The van der Waals surface area contributed by atoms with Crippen LogP contribution >= 0.6 is 0 Å². The van der Waals surface area contributed by atoms with Crippen molar-refractivity contribution in [3.63, 3.8) is 0 Å². The second kappa shape index (κ2) is 7.50. The molecule has 0 saturated carbocycles. The van der Waals surface area contributed by atoms with E-state index in [1.165, 1.54) is 12.8 Å². The number of hydrogen-bond acceptors (Lipinski definition) is 4. The van der Waals surface area contributed by atoms with Crippen molar-refractivity contribution in [1.29, 1.82) is 0 Å². The topological polar surface area (TPSA) is 42.3 Å². The van der Waals surface area contributed by atoms with Gasteiger partial charge in [-0.25, -0.2) is 4.98 Å². The van der Waals surface area contributed by atoms with E-state index in [2.05, 4.69) is 39.8 Å². The molecule has 1 aliphatic heterocycles. The predicted octanol–water partition coefficient (Wildman–Crippen LogP) is 1.74. The summed E-state index contributed by atoms with van der Waals surface area (Å²) in [5, 5.41) is 3.46. The molecule has 1 aliphatic rings. The van der Waals surface area contributed by atoms with E-state index in [9.17, 15) is 0 Å². The van der Waals surface area contributed by atoms with Crippen LogP contribution in [0.4, 0.5) is 5.95 Å². The zero-order valence-electron chi connectivity index (χ0n) is 12.2. The van der Waals surface area contributed by atoms with Crippen LogP contribution in [0.5, 0.6) is 0 Å². The third kappa shape index (κ3) is 4.51. The van der Waals surface area contributed by atoms with Crippen LogP contribution in [0.1, 0.15) is 25.5 Å². The van der Waals surface area contributed by atoms with E-state index < -0.39 is 0 Å². The van der Waals surface area contributed by atoms with Gasteiger partial charge in [0.05, 0.1) is 18.9 Å². The fourth-order valence-corrected chi connectivity index (χ4v) is 2.34. The maximum absolute atomic E-state index is 5.35. The highest BCUT2D eigenvalue weighted by atomic mass is 16.5. The lowest BCUT2D eigenvalue weighted by Gasteiger charge is -2.26. The Kier molecular flexibility index (Phi) is 5.66. The van der Waals surface area contributed by atoms with Crippen LogP contribution in [-0.4, -0.2) is 53.8 Å². The van der Waals surface area contributed by atoms with Crippen LogP contribution in [-0.2, 0) is 11.3 Å². The van der Waals surface area contributed by atoms with Crippen LogP contribution in [0.3, 0.4) is 0 Å². The van der Waals surface area contributed by atoms with Crippen LogP contribution in [0.15, 0.2) is 6.20 Å². The van der Waals surface area contributed by atoms with Gasteiger partial charge < -0.3 is 14.6 Å². The van der Waals surface area contributed by atoms with Crippen molar-refractivity contribution < 1.29 is 4.74 Å². The Balaban J connectivity index is 1.77. The number of anilines is 1. The Morgan fingerprint density at radius 2 is 2.11 bits per heavy atom. The number of nitrogens with one attached hydrogen (secondary N) is 1. The quantitative estimate of drug-likeness (QED) is 0.816. The molecule has 2 rings (SSSR count). The summed E-state index contributed by atoms with van der Waals surface area (Å²) in [5.41, 5.74) is 1.09. The third-order valence-electron chi connectivity index (χ3n) is 3.46. The SMILES string of the molecule is CCCCn1cc(C)nc1NCCN1CCOCC1. The highest BCUT2D eigenvalue weighted by Crippen LogP contribution is 2.10. The van der Waals surface area contributed by atoms with Gasteiger partial charge in [-0.1, -0.05) is 13.3 Å². The zero-order chi connectivity index (χ0) is 13.5. The van der Waals surface area contributed by atoms with Crippen molar-refractivity contribution in [2.24, 2.45) is 0 Å². The number of aromatic nitrogens is 2. The van der Waals surface area contributed by atoms with Gasteiger partial charge in [-0.05, 0) is 13.3 Å². The molecule has 0 atom stereocenters. The van der Waals surface area contributed by atoms with E-state index in [1.807, 2.05) is 0 Å². The maximum Gasteiger partial charge on any atom is 0.203 e. The van der Waals surface area contributed by atoms with Crippen molar-refractivity contribution in [2.45, 2.75) is 33.2 Å². The Bertz CT molecular complexity index is 372. The van der Waals surface area contributed by atoms with Crippen LogP contribution in [0.2, 0.25) is 0 Å². The summed E-state index contributed by atoms with van der Waals surface area (Å²) in [6.45, 7) is 11.2. The summed E-state index contributed by atoms with van der Waals surface area (Å²) < 4.78 is 7.59. The summed E-state index contributed by atoms with van der Waals surface area (Å²) in [7, 11) is 0. The molecule has 5 nitrogen and oxygen atoms in total. The fraction of sp³-hybridized carbons (Fsp3) is 0.786. The molecule has 5 heteroatoms. The second-order valence-corrected chi connectivity index (χ2v) is 5.13. The average Bonchev–Trinajstić information content (AvgIpc) is 2.78. The van der Waals surface area contributed by atoms with E-state index in [1.54, 1.807) is 0 Å². The largest absolute Gasteiger partial charge is 0.379 e. The van der Waals surface area contributed by atoms with Gasteiger partial charge in [0.1, 0.15) is 0 Å². The van der Waals surface area contributed by atoms with Gasteiger partial charge in [-0.2, -0.15) is 0 Å². The molecule has 1 N–H and O–H groups in total. The van der Waals surface area contributed by atoms with Crippen LogP contribution < -0.4 is 5.32 Å². The number of nitrogens with zero attached hydrogens (tertiary/aromatic N) is 3. The first-order chi connectivity index (χ1) is 9.29. The van der Waals surface area contributed by atoms with Gasteiger partial charge >= 0.3 is 0 Å². The molecule has 108 valence electrons. The molecule has 0 bridgehead atoms. The van der Waals surface area contributed by atoms with Crippen molar-refractivity contribution in [1.82, 2.24) is 14.5 Å². The second-order valence-electron chi connectivity index (χ2n) is 5.13. The standard InChI is InChI=1S/C14H26N4O/c1-3-4-6-18-12-13(2)16-14(18)15-5-7-17-8-10-19-11-9-17/h12H,3-11H2,1-2H3,(H,15,16). The van der Waals surface area contributed by atoms with E-state index in [0.717, 1.165) is 57.6 Å². The Hall–Kier alpha value is -1.07. The molecule has 0 aliphatic carbocycles. The summed E-state index contributed by atoms with van der Waals surface area (Å²) in [6.07, 6.45) is 4.55. The minimum absolute atomic E-state index is 0.865. The lowest BCUT2D eigenvalue weighted by Crippen LogP contribution is -2.39. The lowest BCUT2D eigenvalue weighted by atomic mass is 10.3. The number of aryl methyl sites for hydroxylation is 2. The molecule has 0 aromatic carbocycles. The summed E-state index contributed by atoms with van der Waals surface area (Å²) >= 11 is 0.